The largest absolute Gasteiger partial charge is 0.416 e. The van der Waals surface area contributed by atoms with Crippen LogP contribution in [-0.4, -0.2) is 26.4 Å². The topological polar surface area (TPSA) is 59.8 Å². The number of hydrogen-bond donors (Lipinski definition) is 1. The summed E-state index contributed by atoms with van der Waals surface area (Å²) in [5.74, 6) is 0.0415. The summed E-state index contributed by atoms with van der Waals surface area (Å²) in [6, 6.07) is 10.7. The van der Waals surface area contributed by atoms with E-state index in [1.165, 1.54) is 0 Å². The first-order valence-corrected chi connectivity index (χ1v) is 11.8. The standard InChI is InChI=1S/C22H16ClF3N4OS2/c1-2-9-30-20(15-11-32-18-6-4-3-5-14(15)18)28-29-21(30)33-12-19(31)27-17-10-13(22(24,25)26)7-8-16(17)23/h2-8,10-11H,1,9,12H2,(H,27,31). The normalized spacial score (nSPS) is 11.6. The highest BCUT2D eigenvalue weighted by Gasteiger charge is 2.31. The first-order valence-electron chi connectivity index (χ1n) is 9.58. The molecule has 11 heteroatoms. The van der Waals surface area contributed by atoms with Gasteiger partial charge in [-0.15, -0.1) is 28.1 Å². The number of thioether (sulfide) groups is 1. The average Bonchev–Trinajstić information content (AvgIpc) is 3.37. The quantitative estimate of drug-likeness (QED) is 0.221. The molecule has 0 spiro atoms. The van der Waals surface area contributed by atoms with Crippen molar-refractivity contribution in [2.24, 2.45) is 0 Å². The van der Waals surface area contributed by atoms with Crippen LogP contribution in [-0.2, 0) is 17.5 Å². The van der Waals surface area contributed by atoms with Gasteiger partial charge in [0, 0.05) is 27.6 Å². The Kier molecular flexibility index (Phi) is 6.78. The number of benzene rings is 2. The van der Waals surface area contributed by atoms with Crippen LogP contribution in [0.2, 0.25) is 5.02 Å². The maximum atomic E-state index is 13.0. The number of nitrogens with zero attached hydrogens (tertiary/aromatic N) is 3. The van der Waals surface area contributed by atoms with Crippen LogP contribution >= 0.6 is 34.7 Å². The predicted molar refractivity (Wildman–Crippen MR) is 127 cm³/mol. The molecule has 0 radical (unpaired) electrons. The summed E-state index contributed by atoms with van der Waals surface area (Å²) in [5.41, 5.74) is -0.0692. The molecule has 1 N–H and O–H groups in total. The lowest BCUT2D eigenvalue weighted by Crippen LogP contribution is -2.16. The van der Waals surface area contributed by atoms with Gasteiger partial charge in [-0.25, -0.2) is 0 Å². The number of fused-ring (bicyclic) bond motifs is 1. The van der Waals surface area contributed by atoms with E-state index in [0.717, 1.165) is 45.6 Å². The van der Waals surface area contributed by atoms with Crippen LogP contribution < -0.4 is 5.32 Å². The molecule has 1 amide bonds. The highest BCUT2D eigenvalue weighted by Crippen LogP contribution is 2.35. The van der Waals surface area contributed by atoms with Crippen LogP contribution in [0, 0.1) is 0 Å². The van der Waals surface area contributed by atoms with E-state index in [4.69, 9.17) is 11.6 Å². The number of aromatic nitrogens is 3. The number of hydrogen-bond acceptors (Lipinski definition) is 5. The molecule has 0 unspecified atom stereocenters. The first-order chi connectivity index (χ1) is 15.8. The molecule has 0 atom stereocenters. The molecule has 33 heavy (non-hydrogen) atoms. The first kappa shape index (κ1) is 23.3. The zero-order chi connectivity index (χ0) is 23.6. The minimum Gasteiger partial charge on any atom is -0.324 e. The third-order valence-electron chi connectivity index (χ3n) is 4.65. The number of carbonyl (C=O) groups excluding carboxylic acids is 1. The summed E-state index contributed by atoms with van der Waals surface area (Å²) in [6.45, 7) is 4.21. The van der Waals surface area contributed by atoms with Crippen LogP contribution in [0.1, 0.15) is 5.56 Å². The number of alkyl halides is 3. The Morgan fingerprint density at radius 1 is 1.24 bits per heavy atom. The summed E-state index contributed by atoms with van der Waals surface area (Å²) in [4.78, 5) is 12.4. The van der Waals surface area contributed by atoms with Crippen molar-refractivity contribution in [2.45, 2.75) is 17.9 Å². The van der Waals surface area contributed by atoms with Gasteiger partial charge in [-0.2, -0.15) is 13.2 Å². The van der Waals surface area contributed by atoms with Crippen LogP contribution in [0.25, 0.3) is 21.5 Å². The van der Waals surface area contributed by atoms with E-state index >= 15 is 0 Å². The van der Waals surface area contributed by atoms with Gasteiger partial charge in [0.2, 0.25) is 5.91 Å². The van der Waals surface area contributed by atoms with Crippen molar-refractivity contribution >= 4 is 56.4 Å². The minimum atomic E-state index is -4.54. The summed E-state index contributed by atoms with van der Waals surface area (Å²) in [6.07, 6.45) is -2.84. The molecule has 0 aliphatic rings. The Hall–Kier alpha value is -2.82. The highest BCUT2D eigenvalue weighted by atomic mass is 35.5. The molecule has 0 bridgehead atoms. The number of anilines is 1. The Morgan fingerprint density at radius 2 is 2.03 bits per heavy atom. The van der Waals surface area contributed by atoms with Gasteiger partial charge < -0.3 is 5.32 Å². The van der Waals surface area contributed by atoms with Gasteiger partial charge in [0.25, 0.3) is 0 Å². The molecule has 2 aromatic heterocycles. The Bertz CT molecular complexity index is 1330. The maximum absolute atomic E-state index is 13.0. The molecule has 170 valence electrons. The molecule has 0 saturated carbocycles. The Balaban J connectivity index is 1.52. The van der Waals surface area contributed by atoms with Gasteiger partial charge in [-0.3, -0.25) is 9.36 Å². The number of halogens is 4. The summed E-state index contributed by atoms with van der Waals surface area (Å²) >= 11 is 8.68. The van der Waals surface area contributed by atoms with Crippen LogP contribution in [0.15, 0.2) is 65.7 Å². The van der Waals surface area contributed by atoms with Crippen LogP contribution in [0.5, 0.6) is 0 Å². The predicted octanol–water partition coefficient (Wildman–Crippen LogP) is 6.75. The molecular formula is C22H16ClF3N4OS2. The van der Waals surface area contributed by atoms with E-state index in [1.54, 1.807) is 17.4 Å². The van der Waals surface area contributed by atoms with Crippen molar-refractivity contribution in [1.82, 2.24) is 14.8 Å². The average molecular weight is 509 g/mol. The van der Waals surface area contributed by atoms with Crippen molar-refractivity contribution in [3.63, 3.8) is 0 Å². The summed E-state index contributed by atoms with van der Waals surface area (Å²) in [5, 5.41) is 14.5. The lowest BCUT2D eigenvalue weighted by molar-refractivity contribution is -0.137. The molecule has 0 aliphatic carbocycles. The SMILES string of the molecule is C=CCn1c(SCC(=O)Nc2cc(C(F)(F)F)ccc2Cl)nnc1-c1csc2ccccc12. The number of allylic oxidation sites excluding steroid dienone is 1. The van der Waals surface area contributed by atoms with Crippen LogP contribution in [0.4, 0.5) is 18.9 Å². The summed E-state index contributed by atoms with van der Waals surface area (Å²) in [7, 11) is 0. The van der Waals surface area contributed by atoms with Crippen molar-refractivity contribution in [1.29, 1.82) is 0 Å². The van der Waals surface area contributed by atoms with E-state index in [9.17, 15) is 18.0 Å². The van der Waals surface area contributed by atoms with Gasteiger partial charge in [-0.1, -0.05) is 47.6 Å². The van der Waals surface area contributed by atoms with Crippen molar-refractivity contribution in [3.8, 4) is 11.4 Å². The van der Waals surface area contributed by atoms with Gasteiger partial charge in [0.1, 0.15) is 0 Å². The Labute approximate surface area is 200 Å². The third kappa shape index (κ3) is 5.07. The van der Waals surface area contributed by atoms with Crippen molar-refractivity contribution in [3.05, 3.63) is 71.1 Å². The maximum Gasteiger partial charge on any atom is 0.416 e. The highest BCUT2D eigenvalue weighted by molar-refractivity contribution is 7.99. The molecule has 0 aliphatic heterocycles. The van der Waals surface area contributed by atoms with E-state index < -0.39 is 17.6 Å². The second kappa shape index (κ2) is 9.58. The zero-order valence-corrected chi connectivity index (χ0v) is 19.3. The zero-order valence-electron chi connectivity index (χ0n) is 16.9. The molecule has 0 saturated heterocycles. The number of amides is 1. The third-order valence-corrected chi connectivity index (χ3v) is 6.91. The second-order valence-electron chi connectivity index (χ2n) is 6.88. The fourth-order valence-corrected chi connectivity index (χ4v) is 5.01. The fraction of sp³-hybridized carbons (Fsp3) is 0.136. The van der Waals surface area contributed by atoms with Gasteiger partial charge >= 0.3 is 6.18 Å². The number of nitrogens with one attached hydrogen (secondary N) is 1. The van der Waals surface area contributed by atoms with Gasteiger partial charge in [-0.05, 0) is 24.3 Å². The molecule has 4 rings (SSSR count). The van der Waals surface area contributed by atoms with E-state index in [-0.39, 0.29) is 16.5 Å². The summed E-state index contributed by atoms with van der Waals surface area (Å²) < 4.78 is 41.8. The van der Waals surface area contributed by atoms with Crippen molar-refractivity contribution < 1.29 is 18.0 Å². The molecule has 2 aromatic carbocycles. The molecule has 0 fully saturated rings. The van der Waals surface area contributed by atoms with Gasteiger partial charge in [0.15, 0.2) is 11.0 Å². The van der Waals surface area contributed by atoms with E-state index in [2.05, 4.69) is 22.1 Å². The van der Waals surface area contributed by atoms with Gasteiger partial charge in [0.05, 0.1) is 22.0 Å². The number of thiophene rings is 1. The smallest absolute Gasteiger partial charge is 0.324 e. The van der Waals surface area contributed by atoms with Crippen LogP contribution in [0.3, 0.4) is 0 Å². The minimum absolute atomic E-state index is 0.0165. The molecular weight excluding hydrogens is 493 g/mol. The monoisotopic (exact) mass is 508 g/mol. The lowest BCUT2D eigenvalue weighted by Gasteiger charge is -2.12. The fourth-order valence-electron chi connectivity index (χ4n) is 3.15. The Morgan fingerprint density at radius 3 is 2.79 bits per heavy atom. The second-order valence-corrected chi connectivity index (χ2v) is 9.14. The number of rotatable bonds is 7. The lowest BCUT2D eigenvalue weighted by atomic mass is 10.1. The molecule has 2 heterocycles. The molecule has 5 nitrogen and oxygen atoms in total. The van der Waals surface area contributed by atoms with E-state index in [1.807, 2.05) is 34.2 Å². The van der Waals surface area contributed by atoms with Crippen molar-refractivity contribution in [2.75, 3.05) is 11.1 Å². The van der Waals surface area contributed by atoms with E-state index in [0.29, 0.717) is 17.5 Å². The number of carbonyl (C=O) groups is 1. The molecule has 4 aromatic rings.